The van der Waals surface area contributed by atoms with Gasteiger partial charge in [0.15, 0.2) is 0 Å². The molecule has 0 saturated carbocycles. The van der Waals surface area contributed by atoms with E-state index in [1.54, 1.807) is 0 Å². The Morgan fingerprint density at radius 3 is 2.33 bits per heavy atom. The molecule has 21 heavy (non-hydrogen) atoms. The summed E-state index contributed by atoms with van der Waals surface area (Å²) >= 11 is 0. The molecule has 0 aromatic heterocycles. The van der Waals surface area contributed by atoms with Gasteiger partial charge in [0.25, 0.3) is 0 Å². The predicted molar refractivity (Wildman–Crippen MR) is 90.7 cm³/mol. The molecule has 0 spiro atoms. The number of carbonyl (C=O) groups excluding carboxylic acids is 1. The van der Waals surface area contributed by atoms with Crippen LogP contribution >= 0.6 is 0 Å². The second-order valence-electron chi connectivity index (χ2n) is 6.39. The third-order valence-corrected chi connectivity index (χ3v) is 3.89. The molecule has 0 saturated heterocycles. The highest BCUT2D eigenvalue weighted by atomic mass is 16.2. The number of rotatable bonds is 8. The predicted octanol–water partition coefficient (Wildman–Crippen LogP) is 4.13. The molecule has 0 bridgehead atoms. The van der Waals surface area contributed by atoms with Crippen molar-refractivity contribution in [2.75, 3.05) is 5.32 Å². The van der Waals surface area contributed by atoms with Gasteiger partial charge < -0.3 is 10.6 Å². The van der Waals surface area contributed by atoms with Gasteiger partial charge in [-0.2, -0.15) is 0 Å². The minimum atomic E-state index is -0.239. The summed E-state index contributed by atoms with van der Waals surface area (Å²) in [5, 5.41) is 6.32. The lowest BCUT2D eigenvalue weighted by Crippen LogP contribution is -2.48. The van der Waals surface area contributed by atoms with Crippen LogP contribution in [0.4, 0.5) is 5.69 Å². The van der Waals surface area contributed by atoms with Crippen LogP contribution in [0, 0.1) is 0 Å². The summed E-state index contributed by atoms with van der Waals surface area (Å²) in [5.74, 6) is 0.0388. The minimum Gasteiger partial charge on any atom is -0.374 e. The first kappa shape index (κ1) is 17.5. The van der Waals surface area contributed by atoms with Crippen LogP contribution in [0.2, 0.25) is 0 Å². The van der Waals surface area contributed by atoms with Crippen LogP contribution in [0.5, 0.6) is 0 Å². The summed E-state index contributed by atoms with van der Waals surface area (Å²) < 4.78 is 0. The molecule has 1 rings (SSSR count). The highest BCUT2D eigenvalue weighted by molar-refractivity contribution is 5.84. The molecule has 0 aliphatic rings. The fourth-order valence-electron chi connectivity index (χ4n) is 1.99. The van der Waals surface area contributed by atoms with E-state index in [1.165, 1.54) is 18.4 Å². The molecule has 2 N–H and O–H groups in total. The number of unbranched alkanes of at least 4 members (excludes halogenated alkanes) is 1. The first-order valence-corrected chi connectivity index (χ1v) is 8.05. The Labute approximate surface area is 129 Å². The maximum Gasteiger partial charge on any atom is 0.242 e. The molecule has 3 heteroatoms. The molecular weight excluding hydrogens is 260 g/mol. The molecule has 1 aromatic rings. The van der Waals surface area contributed by atoms with Crippen molar-refractivity contribution < 1.29 is 4.79 Å². The molecule has 0 aliphatic carbocycles. The van der Waals surface area contributed by atoms with Gasteiger partial charge in [-0.15, -0.1) is 0 Å². The summed E-state index contributed by atoms with van der Waals surface area (Å²) in [7, 11) is 0. The number of nitrogens with one attached hydrogen (secondary N) is 2. The third kappa shape index (κ3) is 6.19. The number of hydrogen-bond donors (Lipinski definition) is 2. The molecular formula is C18H30N2O. The van der Waals surface area contributed by atoms with E-state index in [0.717, 1.165) is 18.5 Å². The Bertz CT molecular complexity index is 437. The summed E-state index contributed by atoms with van der Waals surface area (Å²) in [4.78, 5) is 12.2. The van der Waals surface area contributed by atoms with E-state index in [0.29, 0.717) is 0 Å². The molecule has 0 aliphatic heterocycles. The van der Waals surface area contributed by atoms with E-state index in [1.807, 2.05) is 20.8 Å². The van der Waals surface area contributed by atoms with Crippen molar-refractivity contribution in [1.82, 2.24) is 5.32 Å². The maximum atomic E-state index is 12.2. The van der Waals surface area contributed by atoms with E-state index < -0.39 is 0 Å². The fourth-order valence-corrected chi connectivity index (χ4v) is 1.99. The lowest BCUT2D eigenvalue weighted by molar-refractivity contribution is -0.123. The quantitative estimate of drug-likeness (QED) is 0.755. The zero-order valence-corrected chi connectivity index (χ0v) is 14.1. The second kappa shape index (κ2) is 8.06. The largest absolute Gasteiger partial charge is 0.374 e. The van der Waals surface area contributed by atoms with Crippen molar-refractivity contribution in [3.05, 3.63) is 29.8 Å². The SMILES string of the molecule is CCCCc1ccc(NC(C)C(=O)NC(C)(C)CC)cc1. The fraction of sp³-hybridized carbons (Fsp3) is 0.611. The van der Waals surface area contributed by atoms with Gasteiger partial charge in [0.05, 0.1) is 0 Å². The number of hydrogen-bond acceptors (Lipinski definition) is 2. The third-order valence-electron chi connectivity index (χ3n) is 3.89. The van der Waals surface area contributed by atoms with Crippen molar-refractivity contribution in [2.24, 2.45) is 0 Å². The number of amides is 1. The van der Waals surface area contributed by atoms with E-state index >= 15 is 0 Å². The van der Waals surface area contributed by atoms with Gasteiger partial charge in [-0.1, -0.05) is 32.4 Å². The molecule has 1 atom stereocenters. The second-order valence-corrected chi connectivity index (χ2v) is 6.39. The molecule has 3 nitrogen and oxygen atoms in total. The molecule has 118 valence electrons. The normalized spacial score (nSPS) is 12.8. The zero-order valence-electron chi connectivity index (χ0n) is 14.1. The average molecular weight is 290 g/mol. The number of carbonyl (C=O) groups is 1. The van der Waals surface area contributed by atoms with Crippen LogP contribution in [0.25, 0.3) is 0 Å². The van der Waals surface area contributed by atoms with Crippen LogP contribution in [0.15, 0.2) is 24.3 Å². The van der Waals surface area contributed by atoms with E-state index in [-0.39, 0.29) is 17.5 Å². The monoisotopic (exact) mass is 290 g/mol. The van der Waals surface area contributed by atoms with Gasteiger partial charge in [0, 0.05) is 11.2 Å². The minimum absolute atomic E-state index is 0.0388. The first-order valence-electron chi connectivity index (χ1n) is 8.05. The van der Waals surface area contributed by atoms with Crippen molar-refractivity contribution >= 4 is 11.6 Å². The van der Waals surface area contributed by atoms with Gasteiger partial charge in [0.1, 0.15) is 6.04 Å². The van der Waals surface area contributed by atoms with E-state index in [2.05, 4.69) is 48.7 Å². The van der Waals surface area contributed by atoms with E-state index in [9.17, 15) is 4.79 Å². The van der Waals surface area contributed by atoms with Gasteiger partial charge in [-0.25, -0.2) is 0 Å². The van der Waals surface area contributed by atoms with Crippen molar-refractivity contribution in [2.45, 2.75) is 71.9 Å². The standard InChI is InChI=1S/C18H30N2O/c1-6-8-9-15-10-12-16(13-11-15)19-14(3)17(21)20-18(4,5)7-2/h10-14,19H,6-9H2,1-5H3,(H,20,21). The first-order chi connectivity index (χ1) is 9.88. The number of benzene rings is 1. The van der Waals surface area contributed by atoms with Crippen LogP contribution in [-0.2, 0) is 11.2 Å². The summed E-state index contributed by atoms with van der Waals surface area (Å²) in [5.41, 5.74) is 2.19. The van der Waals surface area contributed by atoms with Crippen LogP contribution in [0.3, 0.4) is 0 Å². The average Bonchev–Trinajstić information content (AvgIpc) is 2.46. The van der Waals surface area contributed by atoms with Gasteiger partial charge >= 0.3 is 0 Å². The van der Waals surface area contributed by atoms with E-state index in [4.69, 9.17) is 0 Å². The Morgan fingerprint density at radius 1 is 1.19 bits per heavy atom. The Balaban J connectivity index is 2.54. The molecule has 1 amide bonds. The Hall–Kier alpha value is -1.51. The lowest BCUT2D eigenvalue weighted by atomic mass is 10.0. The highest BCUT2D eigenvalue weighted by Gasteiger charge is 2.21. The number of aryl methyl sites for hydroxylation is 1. The van der Waals surface area contributed by atoms with Crippen LogP contribution in [0.1, 0.15) is 59.4 Å². The molecule has 0 radical (unpaired) electrons. The molecule has 1 unspecified atom stereocenters. The van der Waals surface area contributed by atoms with Crippen molar-refractivity contribution in [1.29, 1.82) is 0 Å². The summed E-state index contributed by atoms with van der Waals surface area (Å²) in [6, 6.07) is 8.15. The van der Waals surface area contributed by atoms with Gasteiger partial charge in [0.2, 0.25) is 5.91 Å². The molecule has 0 heterocycles. The van der Waals surface area contributed by atoms with Crippen molar-refractivity contribution in [3.8, 4) is 0 Å². The van der Waals surface area contributed by atoms with Crippen LogP contribution < -0.4 is 10.6 Å². The lowest BCUT2D eigenvalue weighted by Gasteiger charge is -2.27. The highest BCUT2D eigenvalue weighted by Crippen LogP contribution is 2.13. The molecule has 1 aromatic carbocycles. The molecule has 0 fully saturated rings. The summed E-state index contributed by atoms with van der Waals surface area (Å²) in [6.45, 7) is 10.3. The zero-order chi connectivity index (χ0) is 15.9. The Kier molecular flexibility index (Phi) is 6.73. The number of anilines is 1. The Morgan fingerprint density at radius 2 is 1.81 bits per heavy atom. The van der Waals surface area contributed by atoms with Gasteiger partial charge in [-0.05, 0) is 57.7 Å². The maximum absolute atomic E-state index is 12.2. The smallest absolute Gasteiger partial charge is 0.242 e. The van der Waals surface area contributed by atoms with Crippen LogP contribution in [-0.4, -0.2) is 17.5 Å². The van der Waals surface area contributed by atoms with Gasteiger partial charge in [-0.3, -0.25) is 4.79 Å². The topological polar surface area (TPSA) is 41.1 Å². The summed E-state index contributed by atoms with van der Waals surface area (Å²) in [6.07, 6.45) is 4.47. The van der Waals surface area contributed by atoms with Crippen molar-refractivity contribution in [3.63, 3.8) is 0 Å².